The molecule has 44 valence electrons. The number of carbonyl (C=O) groups is 1. The summed E-state index contributed by atoms with van der Waals surface area (Å²) in [6, 6.07) is 0. The van der Waals surface area contributed by atoms with E-state index in [1.54, 1.807) is 11.8 Å². The first-order valence-corrected chi connectivity index (χ1v) is 3.61. The minimum absolute atomic E-state index is 0.597. The van der Waals surface area contributed by atoms with Crippen LogP contribution in [-0.2, 0) is 4.79 Å². The van der Waals surface area contributed by atoms with Gasteiger partial charge in [-0.3, -0.25) is 4.79 Å². The second-order valence-electron chi connectivity index (χ2n) is 1.98. The van der Waals surface area contributed by atoms with E-state index >= 15 is 0 Å². The Bertz CT molecular complexity index is 128. The third-order valence-corrected chi connectivity index (χ3v) is 2.34. The maximum atomic E-state index is 10.1. The Kier molecular flexibility index (Phi) is 1.73. The molecule has 0 aromatic carbocycles. The minimum atomic E-state index is 0.597. The Balaban J connectivity index is 2.56. The molecule has 1 rings (SSSR count). The molecule has 1 atom stereocenters. The van der Waals surface area contributed by atoms with E-state index in [2.05, 4.69) is 6.92 Å². The third kappa shape index (κ3) is 1.13. The van der Waals surface area contributed by atoms with Crippen LogP contribution in [0.4, 0.5) is 0 Å². The SMILES string of the molecule is CC1C=C(C=O)SC1. The first-order chi connectivity index (χ1) is 3.83. The van der Waals surface area contributed by atoms with Crippen molar-refractivity contribution < 1.29 is 4.79 Å². The molecular formula is C6H8OS. The Labute approximate surface area is 53.2 Å². The fourth-order valence-corrected chi connectivity index (χ4v) is 1.63. The number of aldehydes is 1. The lowest BCUT2D eigenvalue weighted by atomic mass is 10.2. The van der Waals surface area contributed by atoms with Gasteiger partial charge in [-0.1, -0.05) is 13.0 Å². The molecule has 0 fully saturated rings. The molecule has 0 aromatic heterocycles. The summed E-state index contributed by atoms with van der Waals surface area (Å²) in [6.07, 6.45) is 2.94. The number of carbonyl (C=O) groups excluding carboxylic acids is 1. The van der Waals surface area contributed by atoms with Gasteiger partial charge in [0, 0.05) is 10.7 Å². The van der Waals surface area contributed by atoms with E-state index in [1.165, 1.54) is 0 Å². The number of thioether (sulfide) groups is 1. The highest BCUT2D eigenvalue weighted by molar-refractivity contribution is 8.04. The molecule has 0 radical (unpaired) electrons. The van der Waals surface area contributed by atoms with Crippen LogP contribution in [-0.4, -0.2) is 12.0 Å². The summed E-state index contributed by atoms with van der Waals surface area (Å²) in [7, 11) is 0. The Morgan fingerprint density at radius 3 is 3.00 bits per heavy atom. The van der Waals surface area contributed by atoms with Crippen molar-refractivity contribution in [2.24, 2.45) is 5.92 Å². The van der Waals surface area contributed by atoms with Crippen molar-refractivity contribution in [2.45, 2.75) is 6.92 Å². The van der Waals surface area contributed by atoms with Gasteiger partial charge < -0.3 is 0 Å². The van der Waals surface area contributed by atoms with E-state index in [-0.39, 0.29) is 0 Å². The predicted octanol–water partition coefficient (Wildman–Crippen LogP) is 1.45. The van der Waals surface area contributed by atoms with E-state index in [9.17, 15) is 4.79 Å². The van der Waals surface area contributed by atoms with Crippen LogP contribution >= 0.6 is 11.8 Å². The summed E-state index contributed by atoms with van der Waals surface area (Å²) in [5.41, 5.74) is 0. The van der Waals surface area contributed by atoms with Gasteiger partial charge in [-0.05, 0) is 5.92 Å². The molecule has 1 heterocycles. The minimum Gasteiger partial charge on any atom is -0.297 e. The lowest BCUT2D eigenvalue weighted by molar-refractivity contribution is -0.104. The summed E-state index contributed by atoms with van der Waals surface area (Å²) in [5.74, 6) is 1.67. The molecule has 1 unspecified atom stereocenters. The van der Waals surface area contributed by atoms with Crippen LogP contribution in [0.2, 0.25) is 0 Å². The van der Waals surface area contributed by atoms with Gasteiger partial charge in [-0.2, -0.15) is 0 Å². The van der Waals surface area contributed by atoms with Crippen LogP contribution in [0.15, 0.2) is 11.0 Å². The van der Waals surface area contributed by atoms with Crippen molar-refractivity contribution in [1.29, 1.82) is 0 Å². The highest BCUT2D eigenvalue weighted by atomic mass is 32.2. The molecular weight excluding hydrogens is 120 g/mol. The standard InChI is InChI=1S/C6H8OS/c1-5-2-6(3-7)8-4-5/h2-3,5H,4H2,1H3. The molecule has 0 spiro atoms. The average Bonchev–Trinajstić information content (AvgIpc) is 2.14. The molecule has 0 aromatic rings. The molecule has 0 saturated heterocycles. The van der Waals surface area contributed by atoms with Gasteiger partial charge in [0.1, 0.15) is 0 Å². The van der Waals surface area contributed by atoms with Crippen molar-refractivity contribution in [3.05, 3.63) is 11.0 Å². The number of hydrogen-bond acceptors (Lipinski definition) is 2. The molecule has 0 aliphatic carbocycles. The number of rotatable bonds is 1. The van der Waals surface area contributed by atoms with E-state index in [1.807, 2.05) is 6.08 Å². The average molecular weight is 128 g/mol. The fourth-order valence-electron chi connectivity index (χ4n) is 0.678. The molecule has 2 heteroatoms. The van der Waals surface area contributed by atoms with Crippen LogP contribution in [0.1, 0.15) is 6.92 Å². The van der Waals surface area contributed by atoms with Crippen molar-refractivity contribution in [3.63, 3.8) is 0 Å². The molecule has 1 aliphatic rings. The van der Waals surface area contributed by atoms with E-state index < -0.39 is 0 Å². The number of hydrogen-bond donors (Lipinski definition) is 0. The van der Waals surface area contributed by atoms with Crippen molar-refractivity contribution in [3.8, 4) is 0 Å². The van der Waals surface area contributed by atoms with E-state index in [0.717, 1.165) is 16.9 Å². The summed E-state index contributed by atoms with van der Waals surface area (Å²) < 4.78 is 0. The number of allylic oxidation sites excluding steroid dienone is 2. The summed E-state index contributed by atoms with van der Waals surface area (Å²) in [5, 5.41) is 0. The fraction of sp³-hybridized carbons (Fsp3) is 0.500. The summed E-state index contributed by atoms with van der Waals surface area (Å²) >= 11 is 1.64. The van der Waals surface area contributed by atoms with Crippen LogP contribution in [0.3, 0.4) is 0 Å². The topological polar surface area (TPSA) is 17.1 Å². The first kappa shape index (κ1) is 5.89. The highest BCUT2D eigenvalue weighted by Crippen LogP contribution is 2.26. The maximum Gasteiger partial charge on any atom is 0.156 e. The van der Waals surface area contributed by atoms with Gasteiger partial charge in [-0.15, -0.1) is 11.8 Å². The zero-order valence-corrected chi connectivity index (χ0v) is 5.57. The van der Waals surface area contributed by atoms with Gasteiger partial charge >= 0.3 is 0 Å². The van der Waals surface area contributed by atoms with Crippen molar-refractivity contribution in [1.82, 2.24) is 0 Å². The maximum absolute atomic E-state index is 10.1. The predicted molar refractivity (Wildman–Crippen MR) is 35.8 cm³/mol. The zero-order valence-electron chi connectivity index (χ0n) is 4.76. The molecule has 0 N–H and O–H groups in total. The van der Waals surface area contributed by atoms with Crippen LogP contribution < -0.4 is 0 Å². The van der Waals surface area contributed by atoms with Crippen molar-refractivity contribution >= 4 is 18.0 Å². The van der Waals surface area contributed by atoms with Gasteiger partial charge in [0.25, 0.3) is 0 Å². The Morgan fingerprint density at radius 1 is 2.00 bits per heavy atom. The molecule has 0 saturated carbocycles. The van der Waals surface area contributed by atoms with E-state index in [0.29, 0.717) is 5.92 Å². The second kappa shape index (κ2) is 2.35. The lowest BCUT2D eigenvalue weighted by Gasteiger charge is -1.88. The first-order valence-electron chi connectivity index (χ1n) is 2.62. The largest absolute Gasteiger partial charge is 0.297 e. The summed E-state index contributed by atoms with van der Waals surface area (Å²) in [4.78, 5) is 11.0. The third-order valence-electron chi connectivity index (χ3n) is 1.08. The zero-order chi connectivity index (χ0) is 5.98. The van der Waals surface area contributed by atoms with E-state index in [4.69, 9.17) is 0 Å². The summed E-state index contributed by atoms with van der Waals surface area (Å²) in [6.45, 7) is 2.11. The lowest BCUT2D eigenvalue weighted by Crippen LogP contribution is -1.83. The molecule has 8 heavy (non-hydrogen) atoms. The molecule has 0 bridgehead atoms. The monoisotopic (exact) mass is 128 g/mol. The molecule has 1 nitrogen and oxygen atoms in total. The normalized spacial score (nSPS) is 27.6. The quantitative estimate of drug-likeness (QED) is 0.497. The molecule has 1 aliphatic heterocycles. The smallest absolute Gasteiger partial charge is 0.156 e. The van der Waals surface area contributed by atoms with Crippen LogP contribution in [0, 0.1) is 5.92 Å². The van der Waals surface area contributed by atoms with Gasteiger partial charge in [0.2, 0.25) is 0 Å². The van der Waals surface area contributed by atoms with Crippen LogP contribution in [0.25, 0.3) is 0 Å². The van der Waals surface area contributed by atoms with Gasteiger partial charge in [0.15, 0.2) is 6.29 Å². The second-order valence-corrected chi connectivity index (χ2v) is 3.07. The Morgan fingerprint density at radius 2 is 2.75 bits per heavy atom. The Hall–Kier alpha value is -0.240. The van der Waals surface area contributed by atoms with Crippen LogP contribution in [0.5, 0.6) is 0 Å². The highest BCUT2D eigenvalue weighted by Gasteiger charge is 2.09. The molecule has 0 amide bonds. The van der Waals surface area contributed by atoms with Gasteiger partial charge in [-0.25, -0.2) is 0 Å². The van der Waals surface area contributed by atoms with Crippen molar-refractivity contribution in [2.75, 3.05) is 5.75 Å². The van der Waals surface area contributed by atoms with Gasteiger partial charge in [0.05, 0.1) is 0 Å².